The normalized spacial score (nSPS) is 11.9. The third-order valence-electron chi connectivity index (χ3n) is 5.67. The van der Waals surface area contributed by atoms with Gasteiger partial charge in [0.05, 0.1) is 34.4 Å². The minimum absolute atomic E-state index is 0.0187. The molecule has 0 radical (unpaired) electrons. The number of thiazole rings is 1. The maximum atomic E-state index is 13.1. The Morgan fingerprint density at radius 1 is 1.03 bits per heavy atom. The lowest BCUT2D eigenvalue weighted by atomic mass is 10.1. The molecule has 0 saturated heterocycles. The van der Waals surface area contributed by atoms with E-state index in [-0.39, 0.29) is 18.0 Å². The number of fused-ring (bicyclic) bond motifs is 2. The van der Waals surface area contributed by atoms with E-state index in [0.29, 0.717) is 17.3 Å². The number of aryl methyl sites for hydroxylation is 2. The molecule has 38 heavy (non-hydrogen) atoms. The Bertz CT molecular complexity index is 1740. The van der Waals surface area contributed by atoms with Crippen LogP contribution < -0.4 is 9.46 Å². The fourth-order valence-corrected chi connectivity index (χ4v) is 5.97. The van der Waals surface area contributed by atoms with Gasteiger partial charge in [-0.15, -0.1) is 0 Å². The lowest BCUT2D eigenvalue weighted by Crippen LogP contribution is -2.28. The molecule has 0 fully saturated rings. The number of ether oxygens (including phenoxy) is 2. The van der Waals surface area contributed by atoms with Gasteiger partial charge in [0.25, 0.3) is 0 Å². The largest absolute Gasteiger partial charge is 0.476 e. The highest BCUT2D eigenvalue weighted by atomic mass is 32.2. The molecule has 0 atom stereocenters. The molecule has 0 bridgehead atoms. The predicted molar refractivity (Wildman–Crippen MR) is 143 cm³/mol. The minimum Gasteiger partial charge on any atom is -0.476 e. The number of nitrogens with zero attached hydrogens (tertiary/aromatic N) is 4. The highest BCUT2D eigenvalue weighted by Crippen LogP contribution is 2.35. The van der Waals surface area contributed by atoms with Gasteiger partial charge < -0.3 is 9.47 Å². The maximum absolute atomic E-state index is 13.1. The molecule has 0 saturated carbocycles. The van der Waals surface area contributed by atoms with Crippen LogP contribution in [0.5, 0.6) is 5.88 Å². The topological polar surface area (TPSA) is 116 Å². The van der Waals surface area contributed by atoms with Crippen molar-refractivity contribution in [3.8, 4) is 16.5 Å². The number of hydrogen-bond acceptors (Lipinski definition) is 9. The van der Waals surface area contributed by atoms with Crippen LogP contribution in [0.3, 0.4) is 0 Å². The molecule has 9 nitrogen and oxygen atoms in total. The van der Waals surface area contributed by atoms with Crippen molar-refractivity contribution in [3.63, 3.8) is 0 Å². The second-order valence-electron chi connectivity index (χ2n) is 8.62. The van der Waals surface area contributed by atoms with Crippen LogP contribution in [-0.4, -0.2) is 48.6 Å². The van der Waals surface area contributed by atoms with Gasteiger partial charge in [0.15, 0.2) is 0 Å². The van der Waals surface area contributed by atoms with E-state index in [1.54, 1.807) is 19.4 Å². The van der Waals surface area contributed by atoms with E-state index >= 15 is 0 Å². The summed E-state index contributed by atoms with van der Waals surface area (Å²) in [4.78, 5) is 19.4. The van der Waals surface area contributed by atoms with Crippen molar-refractivity contribution in [2.45, 2.75) is 25.3 Å². The van der Waals surface area contributed by atoms with Gasteiger partial charge in [-0.2, -0.15) is 0 Å². The first-order valence-electron chi connectivity index (χ1n) is 11.7. The molecule has 12 heteroatoms. The quantitative estimate of drug-likeness (QED) is 0.264. The van der Waals surface area contributed by atoms with Crippen molar-refractivity contribution in [1.29, 1.82) is 0 Å². The molecule has 5 aromatic rings. The molecule has 0 aliphatic carbocycles. The van der Waals surface area contributed by atoms with Crippen LogP contribution >= 0.6 is 11.3 Å². The van der Waals surface area contributed by atoms with Crippen molar-refractivity contribution >= 4 is 42.7 Å². The molecule has 0 amide bonds. The van der Waals surface area contributed by atoms with Gasteiger partial charge in [-0.1, -0.05) is 11.3 Å². The van der Waals surface area contributed by atoms with E-state index in [1.165, 1.54) is 23.5 Å². The zero-order valence-electron chi connectivity index (χ0n) is 20.9. The SMILES string of the molecule is COCc1cnc2c(-c3nc4c(C)cc(OCCNS(=O)(=O)c5ccc(F)cc5)nc4s3)cc(C)cc2n1. The van der Waals surface area contributed by atoms with Gasteiger partial charge in [-0.25, -0.2) is 32.5 Å². The van der Waals surface area contributed by atoms with Crippen molar-refractivity contribution in [3.05, 3.63) is 71.3 Å². The second kappa shape index (κ2) is 10.7. The van der Waals surface area contributed by atoms with Crippen LogP contribution in [0.15, 0.2) is 53.6 Å². The van der Waals surface area contributed by atoms with Gasteiger partial charge >= 0.3 is 0 Å². The Hall–Kier alpha value is -3.58. The van der Waals surface area contributed by atoms with Crippen molar-refractivity contribution in [1.82, 2.24) is 24.7 Å². The van der Waals surface area contributed by atoms with Crippen LogP contribution in [0, 0.1) is 19.7 Å². The summed E-state index contributed by atoms with van der Waals surface area (Å²) in [5.41, 5.74) is 5.81. The Labute approximate surface area is 222 Å². The highest BCUT2D eigenvalue weighted by Gasteiger charge is 2.17. The summed E-state index contributed by atoms with van der Waals surface area (Å²) in [6, 6.07) is 10.4. The molecular weight excluding hydrogens is 529 g/mol. The number of aromatic nitrogens is 4. The summed E-state index contributed by atoms with van der Waals surface area (Å²) < 4.78 is 51.2. The first-order chi connectivity index (χ1) is 18.2. The lowest BCUT2D eigenvalue weighted by molar-refractivity contribution is 0.181. The Morgan fingerprint density at radius 2 is 1.82 bits per heavy atom. The van der Waals surface area contributed by atoms with E-state index < -0.39 is 15.8 Å². The van der Waals surface area contributed by atoms with Crippen LogP contribution in [0.2, 0.25) is 0 Å². The minimum atomic E-state index is -3.77. The van der Waals surface area contributed by atoms with Gasteiger partial charge in [0, 0.05) is 25.3 Å². The summed E-state index contributed by atoms with van der Waals surface area (Å²) in [5.74, 6) is -0.139. The van der Waals surface area contributed by atoms with E-state index in [9.17, 15) is 12.8 Å². The number of pyridine rings is 1. The summed E-state index contributed by atoms with van der Waals surface area (Å²) in [6.45, 7) is 4.38. The molecular formula is C26H24FN5O4S2. The third-order valence-corrected chi connectivity index (χ3v) is 8.13. The fraction of sp³-hybridized carbons (Fsp3) is 0.231. The molecule has 0 aliphatic heterocycles. The van der Waals surface area contributed by atoms with Crippen LogP contribution in [0.1, 0.15) is 16.8 Å². The number of methoxy groups -OCH3 is 1. The number of hydrogen-bond donors (Lipinski definition) is 1. The zero-order valence-corrected chi connectivity index (χ0v) is 22.5. The molecule has 5 rings (SSSR count). The molecule has 196 valence electrons. The second-order valence-corrected chi connectivity index (χ2v) is 11.4. The highest BCUT2D eigenvalue weighted by molar-refractivity contribution is 7.89. The van der Waals surface area contributed by atoms with E-state index in [1.807, 2.05) is 26.0 Å². The average molecular weight is 554 g/mol. The summed E-state index contributed by atoms with van der Waals surface area (Å²) in [6.07, 6.45) is 1.71. The standard InChI is InChI=1S/C26H24FN5O4S2/c1-15-10-20(24-21(11-15)30-18(13-28-24)14-35-3)25-32-23-16(2)12-22(31-26(23)37-25)36-9-8-29-38(33,34)19-6-4-17(27)5-7-19/h4-7,10-13,29H,8-9,14H2,1-3H3. The predicted octanol–water partition coefficient (Wildman–Crippen LogP) is 4.56. The Morgan fingerprint density at radius 3 is 2.58 bits per heavy atom. The lowest BCUT2D eigenvalue weighted by Gasteiger charge is -2.08. The fourth-order valence-electron chi connectivity index (χ4n) is 3.93. The van der Waals surface area contributed by atoms with Crippen molar-refractivity contribution < 1.29 is 22.3 Å². The maximum Gasteiger partial charge on any atom is 0.240 e. The van der Waals surface area contributed by atoms with Crippen LogP contribution in [0.4, 0.5) is 4.39 Å². The van der Waals surface area contributed by atoms with E-state index in [0.717, 1.165) is 56.1 Å². The molecule has 0 spiro atoms. The first kappa shape index (κ1) is 26.0. The molecule has 2 aromatic carbocycles. The van der Waals surface area contributed by atoms with E-state index in [2.05, 4.69) is 19.7 Å². The average Bonchev–Trinajstić information content (AvgIpc) is 3.31. The molecule has 0 unspecified atom stereocenters. The molecule has 1 N–H and O–H groups in total. The van der Waals surface area contributed by atoms with Crippen LogP contribution in [0.25, 0.3) is 32.0 Å². The van der Waals surface area contributed by atoms with Crippen molar-refractivity contribution in [2.24, 2.45) is 0 Å². The summed E-state index contributed by atoms with van der Waals surface area (Å²) >= 11 is 1.42. The van der Waals surface area contributed by atoms with Gasteiger partial charge in [-0.05, 0) is 61.4 Å². The molecule has 3 heterocycles. The number of benzene rings is 2. The molecule has 3 aromatic heterocycles. The van der Waals surface area contributed by atoms with Crippen molar-refractivity contribution in [2.75, 3.05) is 20.3 Å². The first-order valence-corrected chi connectivity index (χ1v) is 14.0. The monoisotopic (exact) mass is 553 g/mol. The van der Waals surface area contributed by atoms with Gasteiger partial charge in [-0.3, -0.25) is 4.98 Å². The van der Waals surface area contributed by atoms with Crippen LogP contribution in [-0.2, 0) is 21.4 Å². The Balaban J connectivity index is 1.35. The zero-order chi connectivity index (χ0) is 26.9. The number of sulfonamides is 1. The molecule has 0 aliphatic rings. The van der Waals surface area contributed by atoms with Gasteiger partial charge in [0.1, 0.15) is 27.8 Å². The summed E-state index contributed by atoms with van der Waals surface area (Å²) in [5, 5.41) is 0.766. The number of halogens is 1. The van der Waals surface area contributed by atoms with E-state index in [4.69, 9.17) is 14.5 Å². The summed E-state index contributed by atoms with van der Waals surface area (Å²) in [7, 11) is -2.15. The smallest absolute Gasteiger partial charge is 0.240 e. The number of nitrogens with one attached hydrogen (secondary N) is 1. The van der Waals surface area contributed by atoms with Gasteiger partial charge in [0.2, 0.25) is 15.9 Å². The Kier molecular flexibility index (Phi) is 7.30. The third kappa shape index (κ3) is 5.48. The number of rotatable bonds is 9.